The molecule has 2 N–H and O–H groups in total. The van der Waals surface area contributed by atoms with E-state index >= 15 is 0 Å². The molecular formula is C16H23N3O2. The van der Waals surface area contributed by atoms with E-state index in [1.807, 2.05) is 12.1 Å². The van der Waals surface area contributed by atoms with Crippen molar-refractivity contribution < 1.29 is 9.53 Å². The number of likely N-dealkylation sites (tertiary alicyclic amines) is 1. The summed E-state index contributed by atoms with van der Waals surface area (Å²) in [6, 6.07) is 6.11. The molecule has 0 amide bonds. The van der Waals surface area contributed by atoms with Gasteiger partial charge in [-0.05, 0) is 50.6 Å². The van der Waals surface area contributed by atoms with E-state index in [0.29, 0.717) is 17.3 Å². The molecule has 21 heavy (non-hydrogen) atoms. The lowest BCUT2D eigenvalue weighted by molar-refractivity contribution is 0.0601. The van der Waals surface area contributed by atoms with E-state index < -0.39 is 0 Å². The summed E-state index contributed by atoms with van der Waals surface area (Å²) in [4.78, 5) is 16.8. The highest BCUT2D eigenvalue weighted by Crippen LogP contribution is 2.29. The average Bonchev–Trinajstić information content (AvgIpc) is 3.16. The van der Waals surface area contributed by atoms with Crippen molar-refractivity contribution in [2.75, 3.05) is 43.9 Å². The summed E-state index contributed by atoms with van der Waals surface area (Å²) in [6.45, 7) is 4.39. The lowest BCUT2D eigenvalue weighted by Gasteiger charge is -2.25. The molecule has 0 bridgehead atoms. The molecule has 2 aliphatic rings. The van der Waals surface area contributed by atoms with Crippen molar-refractivity contribution in [2.45, 2.75) is 25.3 Å². The molecule has 0 aromatic heterocycles. The Labute approximate surface area is 125 Å². The molecule has 0 saturated carbocycles. The molecular weight excluding hydrogens is 266 g/mol. The first-order valence-electron chi connectivity index (χ1n) is 7.66. The van der Waals surface area contributed by atoms with E-state index in [0.717, 1.165) is 25.2 Å². The average molecular weight is 289 g/mol. The van der Waals surface area contributed by atoms with Crippen LogP contribution in [0.2, 0.25) is 0 Å². The Hall–Kier alpha value is -1.75. The second kappa shape index (κ2) is 5.93. The van der Waals surface area contributed by atoms with Gasteiger partial charge in [0.05, 0.1) is 18.4 Å². The fourth-order valence-corrected chi connectivity index (χ4v) is 3.47. The maximum absolute atomic E-state index is 12.0. The second-order valence-electron chi connectivity index (χ2n) is 5.90. The lowest BCUT2D eigenvalue weighted by Crippen LogP contribution is -2.35. The summed E-state index contributed by atoms with van der Waals surface area (Å²) in [6.07, 6.45) is 3.78. The van der Waals surface area contributed by atoms with E-state index in [1.54, 1.807) is 6.07 Å². The van der Waals surface area contributed by atoms with Gasteiger partial charge in [0, 0.05) is 24.8 Å². The fourth-order valence-electron chi connectivity index (χ4n) is 3.47. The molecule has 0 spiro atoms. The molecule has 0 radical (unpaired) electrons. The first-order chi connectivity index (χ1) is 10.2. The Balaban J connectivity index is 1.79. The van der Waals surface area contributed by atoms with Crippen LogP contribution in [0.25, 0.3) is 0 Å². The van der Waals surface area contributed by atoms with Crippen molar-refractivity contribution in [3.63, 3.8) is 0 Å². The quantitative estimate of drug-likeness (QED) is 0.678. The Bertz CT molecular complexity index is 526. The van der Waals surface area contributed by atoms with Gasteiger partial charge in [-0.25, -0.2) is 4.79 Å². The van der Waals surface area contributed by atoms with Crippen molar-refractivity contribution >= 4 is 17.3 Å². The van der Waals surface area contributed by atoms with Gasteiger partial charge < -0.3 is 15.4 Å². The Morgan fingerprint density at radius 3 is 2.76 bits per heavy atom. The third-order valence-electron chi connectivity index (χ3n) is 4.59. The number of rotatable bonds is 3. The highest BCUT2D eigenvalue weighted by molar-refractivity contribution is 5.97. The number of benzene rings is 1. The van der Waals surface area contributed by atoms with Crippen LogP contribution in [-0.2, 0) is 4.74 Å². The number of nitrogens with two attached hydrogens (primary N) is 1. The van der Waals surface area contributed by atoms with Gasteiger partial charge in [0.1, 0.15) is 0 Å². The number of nitrogen functional groups attached to an aromatic ring is 1. The highest BCUT2D eigenvalue weighted by atomic mass is 16.5. The van der Waals surface area contributed by atoms with Crippen LogP contribution in [0.5, 0.6) is 0 Å². The SMILES string of the molecule is COC(=O)c1cc(N)ccc1N1CCC(N2CCCC2)C1. The van der Waals surface area contributed by atoms with Crippen molar-refractivity contribution in [2.24, 2.45) is 0 Å². The van der Waals surface area contributed by atoms with Gasteiger partial charge in [-0.15, -0.1) is 0 Å². The van der Waals surface area contributed by atoms with Crippen LogP contribution in [0.3, 0.4) is 0 Å². The van der Waals surface area contributed by atoms with E-state index in [4.69, 9.17) is 10.5 Å². The van der Waals surface area contributed by atoms with Crippen molar-refractivity contribution in [3.05, 3.63) is 23.8 Å². The summed E-state index contributed by atoms with van der Waals surface area (Å²) in [7, 11) is 1.41. The molecule has 5 nitrogen and oxygen atoms in total. The minimum absolute atomic E-state index is 0.318. The number of nitrogens with zero attached hydrogens (tertiary/aromatic N) is 2. The molecule has 0 aliphatic carbocycles. The first kappa shape index (κ1) is 14.2. The lowest BCUT2D eigenvalue weighted by atomic mass is 10.1. The molecule has 3 rings (SSSR count). The fraction of sp³-hybridized carbons (Fsp3) is 0.562. The van der Waals surface area contributed by atoms with Crippen LogP contribution in [-0.4, -0.2) is 50.2 Å². The maximum atomic E-state index is 12.0. The molecule has 1 atom stereocenters. The predicted molar refractivity (Wildman–Crippen MR) is 83.6 cm³/mol. The summed E-state index contributed by atoms with van der Waals surface area (Å²) in [5.41, 5.74) is 7.91. The van der Waals surface area contributed by atoms with E-state index in [1.165, 1.54) is 33.0 Å². The van der Waals surface area contributed by atoms with Crippen LogP contribution < -0.4 is 10.6 Å². The number of esters is 1. The van der Waals surface area contributed by atoms with Gasteiger partial charge in [0.25, 0.3) is 0 Å². The van der Waals surface area contributed by atoms with Crippen LogP contribution in [0.1, 0.15) is 29.6 Å². The molecule has 2 heterocycles. The Morgan fingerprint density at radius 1 is 1.29 bits per heavy atom. The summed E-state index contributed by atoms with van der Waals surface area (Å²) in [5.74, 6) is -0.318. The van der Waals surface area contributed by atoms with Gasteiger partial charge in [-0.2, -0.15) is 0 Å². The van der Waals surface area contributed by atoms with Gasteiger partial charge >= 0.3 is 5.97 Å². The number of carbonyl (C=O) groups excluding carboxylic acids is 1. The Morgan fingerprint density at radius 2 is 2.05 bits per heavy atom. The van der Waals surface area contributed by atoms with Gasteiger partial charge in [0.2, 0.25) is 0 Å². The van der Waals surface area contributed by atoms with E-state index in [9.17, 15) is 4.79 Å². The summed E-state index contributed by atoms with van der Waals surface area (Å²) >= 11 is 0. The molecule has 1 aromatic carbocycles. The number of methoxy groups -OCH3 is 1. The number of carbonyl (C=O) groups is 1. The van der Waals surface area contributed by atoms with Crippen LogP contribution >= 0.6 is 0 Å². The molecule has 5 heteroatoms. The van der Waals surface area contributed by atoms with Crippen molar-refractivity contribution in [1.82, 2.24) is 4.90 Å². The van der Waals surface area contributed by atoms with Crippen molar-refractivity contribution in [1.29, 1.82) is 0 Å². The molecule has 2 aliphatic heterocycles. The zero-order valence-corrected chi connectivity index (χ0v) is 12.5. The monoisotopic (exact) mass is 289 g/mol. The number of ether oxygens (including phenoxy) is 1. The molecule has 2 fully saturated rings. The minimum atomic E-state index is -0.318. The van der Waals surface area contributed by atoms with Gasteiger partial charge in [-0.1, -0.05) is 0 Å². The molecule has 2 saturated heterocycles. The molecule has 114 valence electrons. The third-order valence-corrected chi connectivity index (χ3v) is 4.59. The van der Waals surface area contributed by atoms with Crippen LogP contribution in [0.15, 0.2) is 18.2 Å². The van der Waals surface area contributed by atoms with Crippen molar-refractivity contribution in [3.8, 4) is 0 Å². The first-order valence-corrected chi connectivity index (χ1v) is 7.66. The molecule has 1 unspecified atom stereocenters. The Kier molecular flexibility index (Phi) is 4.01. The zero-order chi connectivity index (χ0) is 14.8. The predicted octanol–water partition coefficient (Wildman–Crippen LogP) is 1.73. The molecule has 1 aromatic rings. The largest absolute Gasteiger partial charge is 0.465 e. The standard InChI is InChI=1S/C16H23N3O2/c1-21-16(20)14-10-12(17)4-5-15(14)19-9-6-13(11-19)18-7-2-3-8-18/h4-5,10,13H,2-3,6-9,11,17H2,1H3. The third kappa shape index (κ3) is 2.83. The summed E-state index contributed by atoms with van der Waals surface area (Å²) < 4.78 is 4.89. The van der Waals surface area contributed by atoms with E-state index in [-0.39, 0.29) is 5.97 Å². The second-order valence-corrected chi connectivity index (χ2v) is 5.90. The van der Waals surface area contributed by atoms with Gasteiger partial charge in [0.15, 0.2) is 0 Å². The number of anilines is 2. The summed E-state index contributed by atoms with van der Waals surface area (Å²) in [5, 5.41) is 0. The van der Waals surface area contributed by atoms with Gasteiger partial charge in [-0.3, -0.25) is 4.90 Å². The number of hydrogen-bond acceptors (Lipinski definition) is 5. The van der Waals surface area contributed by atoms with Crippen LogP contribution in [0.4, 0.5) is 11.4 Å². The zero-order valence-electron chi connectivity index (χ0n) is 12.5. The van der Waals surface area contributed by atoms with E-state index in [2.05, 4.69) is 9.80 Å². The normalized spacial score (nSPS) is 22.7. The van der Waals surface area contributed by atoms with Crippen LogP contribution in [0, 0.1) is 0 Å². The topological polar surface area (TPSA) is 58.8 Å². The highest BCUT2D eigenvalue weighted by Gasteiger charge is 2.31. The smallest absolute Gasteiger partial charge is 0.340 e. The maximum Gasteiger partial charge on any atom is 0.340 e. The minimum Gasteiger partial charge on any atom is -0.465 e. The number of hydrogen-bond donors (Lipinski definition) is 1.